The normalized spacial score (nSPS) is 10.7. The van der Waals surface area contributed by atoms with Crippen molar-refractivity contribution in [3.63, 3.8) is 0 Å². The van der Waals surface area contributed by atoms with E-state index in [1.165, 1.54) is 6.07 Å². The molecule has 0 aliphatic rings. The zero-order valence-electron chi connectivity index (χ0n) is 6.57. The number of rotatable bonds is 3. The summed E-state index contributed by atoms with van der Waals surface area (Å²) in [5.74, 6) is -0.892. The number of hydrogen-bond donors (Lipinski definition) is 2. The summed E-state index contributed by atoms with van der Waals surface area (Å²) in [5.41, 5.74) is 0.363. The highest BCUT2D eigenvalue weighted by Crippen LogP contribution is 2.17. The highest BCUT2D eigenvalue weighted by molar-refractivity contribution is 5.21. The van der Waals surface area contributed by atoms with Crippen LogP contribution in [0.15, 0.2) is 24.3 Å². The number of halogens is 1. The van der Waals surface area contributed by atoms with Gasteiger partial charge in [-0.2, -0.15) is 0 Å². The number of aliphatic hydroxyl groups is 2. The van der Waals surface area contributed by atoms with Crippen LogP contribution >= 0.6 is 0 Å². The molecule has 12 heavy (non-hydrogen) atoms. The molecule has 1 aromatic carbocycles. The van der Waals surface area contributed by atoms with Gasteiger partial charge in [-0.1, -0.05) is 18.2 Å². The van der Waals surface area contributed by atoms with Crippen LogP contribution in [0, 0.1) is 5.82 Å². The number of benzene rings is 1. The molecule has 1 aromatic rings. The molecule has 2 N–H and O–H groups in total. The largest absolute Gasteiger partial charge is 0.396 e. The molecule has 3 heteroatoms. The minimum Gasteiger partial charge on any atom is -0.396 e. The topological polar surface area (TPSA) is 40.5 Å². The first kappa shape index (κ1) is 9.16. The maximum absolute atomic E-state index is 13.0. The summed E-state index contributed by atoms with van der Waals surface area (Å²) in [7, 11) is 0. The van der Waals surface area contributed by atoms with Gasteiger partial charge in [0.1, 0.15) is 5.82 Å². The van der Waals surface area contributed by atoms with Gasteiger partial charge in [-0.15, -0.1) is 0 Å². The van der Waals surface area contributed by atoms with Crippen molar-refractivity contribution in [3.8, 4) is 0 Å². The molecule has 0 radical (unpaired) electrons. The van der Waals surface area contributed by atoms with Gasteiger partial charge in [-0.25, -0.2) is 4.39 Å². The van der Waals surface area contributed by atoms with Crippen molar-refractivity contribution in [1.82, 2.24) is 0 Å². The quantitative estimate of drug-likeness (QED) is 0.707. The van der Waals surface area contributed by atoms with Crippen LogP contribution in [0.25, 0.3) is 0 Å². The molecule has 0 aromatic heterocycles. The van der Waals surface area contributed by atoms with Gasteiger partial charge >= 0.3 is 0 Å². The molecule has 0 heterocycles. The van der Waals surface area contributed by atoms with Crippen molar-refractivity contribution in [2.75, 3.05) is 13.2 Å². The van der Waals surface area contributed by atoms with E-state index in [1.54, 1.807) is 18.2 Å². The smallest absolute Gasteiger partial charge is 0.126 e. The van der Waals surface area contributed by atoms with Gasteiger partial charge in [0.25, 0.3) is 0 Å². The van der Waals surface area contributed by atoms with Crippen molar-refractivity contribution < 1.29 is 14.6 Å². The van der Waals surface area contributed by atoms with Crippen LogP contribution in [0.2, 0.25) is 0 Å². The van der Waals surface area contributed by atoms with E-state index >= 15 is 0 Å². The van der Waals surface area contributed by atoms with Crippen LogP contribution < -0.4 is 0 Å². The Kier molecular flexibility index (Phi) is 3.19. The van der Waals surface area contributed by atoms with Crippen LogP contribution in [0.4, 0.5) is 4.39 Å². The minimum absolute atomic E-state index is 0.239. The second kappa shape index (κ2) is 4.18. The van der Waals surface area contributed by atoms with Crippen molar-refractivity contribution in [2.45, 2.75) is 5.92 Å². The molecule has 2 nitrogen and oxygen atoms in total. The highest BCUT2D eigenvalue weighted by Gasteiger charge is 2.12. The van der Waals surface area contributed by atoms with Crippen molar-refractivity contribution in [3.05, 3.63) is 35.6 Å². The van der Waals surface area contributed by atoms with E-state index in [4.69, 9.17) is 10.2 Å². The lowest BCUT2D eigenvalue weighted by Crippen LogP contribution is -2.10. The van der Waals surface area contributed by atoms with Crippen LogP contribution in [-0.4, -0.2) is 23.4 Å². The standard InChI is InChI=1S/C9H11FO2/c10-9-4-2-1-3-8(9)7(5-11)6-12/h1-4,7,11-12H,5-6H2. The third kappa shape index (κ3) is 1.81. The van der Waals surface area contributed by atoms with Crippen LogP contribution in [0.5, 0.6) is 0 Å². The molecular formula is C9H11FO2. The molecule has 0 amide bonds. The Morgan fingerprint density at radius 2 is 1.75 bits per heavy atom. The number of aliphatic hydroxyl groups excluding tert-OH is 2. The zero-order valence-corrected chi connectivity index (χ0v) is 6.57. The van der Waals surface area contributed by atoms with E-state index in [0.29, 0.717) is 5.56 Å². The summed E-state index contributed by atoms with van der Waals surface area (Å²) in [6, 6.07) is 6.13. The van der Waals surface area contributed by atoms with E-state index in [9.17, 15) is 4.39 Å². The summed E-state index contributed by atoms with van der Waals surface area (Å²) in [6.45, 7) is -0.477. The Labute approximate surface area is 70.3 Å². The Morgan fingerprint density at radius 3 is 2.25 bits per heavy atom. The van der Waals surface area contributed by atoms with Crippen molar-refractivity contribution in [1.29, 1.82) is 0 Å². The molecule has 0 aliphatic carbocycles. The molecule has 0 saturated heterocycles. The minimum atomic E-state index is -0.508. The molecule has 66 valence electrons. The second-order valence-corrected chi connectivity index (χ2v) is 2.58. The Bertz CT molecular complexity index is 246. The molecule has 0 bridgehead atoms. The Balaban J connectivity index is 2.92. The molecule has 0 unspecified atom stereocenters. The zero-order chi connectivity index (χ0) is 8.97. The van der Waals surface area contributed by atoms with Gasteiger partial charge < -0.3 is 10.2 Å². The maximum Gasteiger partial charge on any atom is 0.126 e. The fourth-order valence-corrected chi connectivity index (χ4v) is 1.06. The van der Waals surface area contributed by atoms with Gasteiger partial charge in [-0.05, 0) is 11.6 Å². The van der Waals surface area contributed by atoms with Gasteiger partial charge in [-0.3, -0.25) is 0 Å². The monoisotopic (exact) mass is 170 g/mol. The van der Waals surface area contributed by atoms with Gasteiger partial charge in [0.2, 0.25) is 0 Å². The lowest BCUT2D eigenvalue weighted by molar-refractivity contribution is 0.190. The summed E-state index contributed by atoms with van der Waals surface area (Å²) in [4.78, 5) is 0. The SMILES string of the molecule is OCC(CO)c1ccccc1F. The molecule has 0 fully saturated rings. The summed E-state index contributed by atoms with van der Waals surface area (Å²) < 4.78 is 13.0. The van der Waals surface area contributed by atoms with Gasteiger partial charge in [0, 0.05) is 5.92 Å². The fourth-order valence-electron chi connectivity index (χ4n) is 1.06. The van der Waals surface area contributed by atoms with Crippen LogP contribution in [0.3, 0.4) is 0 Å². The molecule has 0 saturated carbocycles. The Hall–Kier alpha value is -0.930. The van der Waals surface area contributed by atoms with E-state index in [0.717, 1.165) is 0 Å². The molecule has 0 spiro atoms. The third-order valence-corrected chi connectivity index (χ3v) is 1.79. The molecule has 1 rings (SSSR count). The predicted molar refractivity (Wildman–Crippen MR) is 43.3 cm³/mol. The third-order valence-electron chi connectivity index (χ3n) is 1.79. The highest BCUT2D eigenvalue weighted by atomic mass is 19.1. The number of hydrogen-bond acceptors (Lipinski definition) is 2. The molecule has 0 aliphatic heterocycles. The average Bonchev–Trinajstić information content (AvgIpc) is 2.10. The summed E-state index contributed by atoms with van der Waals surface area (Å²) in [5, 5.41) is 17.6. The van der Waals surface area contributed by atoms with Gasteiger partial charge in [0.15, 0.2) is 0 Å². The first-order chi connectivity index (χ1) is 5.79. The van der Waals surface area contributed by atoms with Crippen LogP contribution in [-0.2, 0) is 0 Å². The predicted octanol–water partition coefficient (Wildman–Crippen LogP) is 0.894. The lowest BCUT2D eigenvalue weighted by atomic mass is 10.0. The Morgan fingerprint density at radius 1 is 1.17 bits per heavy atom. The van der Waals surface area contributed by atoms with E-state index in [-0.39, 0.29) is 19.0 Å². The van der Waals surface area contributed by atoms with Crippen molar-refractivity contribution >= 4 is 0 Å². The summed E-state index contributed by atoms with van der Waals surface area (Å²) >= 11 is 0. The van der Waals surface area contributed by atoms with Crippen LogP contribution in [0.1, 0.15) is 11.5 Å². The fraction of sp³-hybridized carbons (Fsp3) is 0.333. The average molecular weight is 170 g/mol. The second-order valence-electron chi connectivity index (χ2n) is 2.58. The summed E-state index contributed by atoms with van der Waals surface area (Å²) in [6.07, 6.45) is 0. The maximum atomic E-state index is 13.0. The van der Waals surface area contributed by atoms with Gasteiger partial charge in [0.05, 0.1) is 13.2 Å². The lowest BCUT2D eigenvalue weighted by Gasteiger charge is -2.11. The molecule has 0 atom stereocenters. The molecular weight excluding hydrogens is 159 g/mol. The van der Waals surface area contributed by atoms with E-state index < -0.39 is 5.92 Å². The van der Waals surface area contributed by atoms with E-state index in [2.05, 4.69) is 0 Å². The first-order valence-corrected chi connectivity index (χ1v) is 3.75. The van der Waals surface area contributed by atoms with Crippen molar-refractivity contribution in [2.24, 2.45) is 0 Å². The first-order valence-electron chi connectivity index (χ1n) is 3.75. The van der Waals surface area contributed by atoms with E-state index in [1.807, 2.05) is 0 Å².